The van der Waals surface area contributed by atoms with Crippen LogP contribution in [0.1, 0.15) is 65.6 Å². The minimum atomic E-state index is 0.420. The standard InChI is InChI=1S/C17H32N4/c1-5-10-18-15(17(4)8-6-7-9-17)11-16-19-13-20-21(16)12-14(2)3/h13-15,18H,5-12H2,1-4H3. The van der Waals surface area contributed by atoms with E-state index >= 15 is 0 Å². The highest BCUT2D eigenvalue weighted by molar-refractivity contribution is 4.99. The fraction of sp³-hybridized carbons (Fsp3) is 0.882. The van der Waals surface area contributed by atoms with Crippen LogP contribution in [-0.4, -0.2) is 27.4 Å². The Balaban J connectivity index is 2.09. The molecule has 2 rings (SSSR count). The van der Waals surface area contributed by atoms with Gasteiger partial charge in [-0.15, -0.1) is 0 Å². The molecular formula is C17H32N4. The molecule has 0 radical (unpaired) electrons. The maximum atomic E-state index is 4.53. The molecule has 4 nitrogen and oxygen atoms in total. The third-order valence-corrected chi connectivity index (χ3v) is 4.85. The number of hydrogen-bond acceptors (Lipinski definition) is 3. The Labute approximate surface area is 129 Å². The highest BCUT2D eigenvalue weighted by Crippen LogP contribution is 2.41. The van der Waals surface area contributed by atoms with Crippen molar-refractivity contribution in [2.45, 2.75) is 78.8 Å². The Morgan fingerprint density at radius 1 is 1.33 bits per heavy atom. The van der Waals surface area contributed by atoms with E-state index in [0.717, 1.165) is 25.3 Å². The van der Waals surface area contributed by atoms with Crippen molar-refractivity contribution in [3.05, 3.63) is 12.2 Å². The molecule has 1 saturated carbocycles. The lowest BCUT2D eigenvalue weighted by atomic mass is 9.79. The van der Waals surface area contributed by atoms with Crippen molar-refractivity contribution in [1.82, 2.24) is 20.1 Å². The molecule has 1 atom stereocenters. The van der Waals surface area contributed by atoms with E-state index in [9.17, 15) is 0 Å². The van der Waals surface area contributed by atoms with Crippen LogP contribution in [0.25, 0.3) is 0 Å². The molecule has 120 valence electrons. The summed E-state index contributed by atoms with van der Waals surface area (Å²) in [6.07, 6.45) is 9.33. The third-order valence-electron chi connectivity index (χ3n) is 4.85. The molecule has 21 heavy (non-hydrogen) atoms. The van der Waals surface area contributed by atoms with Crippen LogP contribution < -0.4 is 5.32 Å². The molecule has 1 aromatic heterocycles. The Kier molecular flexibility index (Phi) is 5.80. The highest BCUT2D eigenvalue weighted by Gasteiger charge is 2.37. The van der Waals surface area contributed by atoms with E-state index in [2.05, 4.69) is 47.8 Å². The number of hydrogen-bond donors (Lipinski definition) is 1. The Morgan fingerprint density at radius 3 is 2.67 bits per heavy atom. The first-order valence-electron chi connectivity index (χ1n) is 8.65. The molecule has 0 saturated heterocycles. The van der Waals surface area contributed by atoms with Crippen LogP contribution in [0.3, 0.4) is 0 Å². The summed E-state index contributed by atoms with van der Waals surface area (Å²) in [6.45, 7) is 11.2. The molecule has 0 spiro atoms. The van der Waals surface area contributed by atoms with Gasteiger partial charge in [0.25, 0.3) is 0 Å². The monoisotopic (exact) mass is 292 g/mol. The predicted octanol–water partition coefficient (Wildman–Crippen LogP) is 3.43. The SMILES string of the molecule is CCCNC(Cc1ncnn1CC(C)C)C1(C)CCCC1. The quantitative estimate of drug-likeness (QED) is 0.798. The molecule has 0 aliphatic heterocycles. The van der Waals surface area contributed by atoms with E-state index in [1.807, 2.05) is 0 Å². The highest BCUT2D eigenvalue weighted by atomic mass is 15.3. The summed E-state index contributed by atoms with van der Waals surface area (Å²) in [7, 11) is 0. The largest absolute Gasteiger partial charge is 0.313 e. The van der Waals surface area contributed by atoms with Crippen molar-refractivity contribution >= 4 is 0 Å². The Morgan fingerprint density at radius 2 is 2.05 bits per heavy atom. The summed E-state index contributed by atoms with van der Waals surface area (Å²) in [5.41, 5.74) is 0.420. The average molecular weight is 292 g/mol. The van der Waals surface area contributed by atoms with Crippen LogP contribution >= 0.6 is 0 Å². The summed E-state index contributed by atoms with van der Waals surface area (Å²) >= 11 is 0. The maximum absolute atomic E-state index is 4.53. The van der Waals surface area contributed by atoms with Crippen LogP contribution in [-0.2, 0) is 13.0 Å². The zero-order valence-electron chi connectivity index (χ0n) is 14.2. The van der Waals surface area contributed by atoms with Crippen molar-refractivity contribution in [3.63, 3.8) is 0 Å². The molecule has 1 aliphatic carbocycles. The van der Waals surface area contributed by atoms with Gasteiger partial charge >= 0.3 is 0 Å². The fourth-order valence-electron chi connectivity index (χ4n) is 3.54. The van der Waals surface area contributed by atoms with Crippen molar-refractivity contribution in [3.8, 4) is 0 Å². The molecule has 1 aromatic rings. The second-order valence-corrected chi connectivity index (χ2v) is 7.32. The van der Waals surface area contributed by atoms with Gasteiger partial charge in [0.15, 0.2) is 0 Å². The molecule has 1 aliphatic rings. The minimum absolute atomic E-state index is 0.420. The second-order valence-electron chi connectivity index (χ2n) is 7.32. The van der Waals surface area contributed by atoms with Crippen LogP contribution in [0.15, 0.2) is 6.33 Å². The van der Waals surface area contributed by atoms with Gasteiger partial charge in [-0.25, -0.2) is 9.67 Å². The fourth-order valence-corrected chi connectivity index (χ4v) is 3.54. The van der Waals surface area contributed by atoms with E-state index in [4.69, 9.17) is 0 Å². The summed E-state index contributed by atoms with van der Waals surface area (Å²) in [5.74, 6) is 1.75. The van der Waals surface area contributed by atoms with Gasteiger partial charge in [-0.05, 0) is 37.1 Å². The first kappa shape index (κ1) is 16.5. The molecule has 1 fully saturated rings. The summed E-state index contributed by atoms with van der Waals surface area (Å²) in [5, 5.41) is 8.21. The van der Waals surface area contributed by atoms with Gasteiger partial charge in [0.1, 0.15) is 12.2 Å². The van der Waals surface area contributed by atoms with Crippen molar-refractivity contribution < 1.29 is 0 Å². The summed E-state index contributed by atoms with van der Waals surface area (Å²) in [6, 6.07) is 0.523. The number of nitrogens with one attached hydrogen (secondary N) is 1. The first-order valence-corrected chi connectivity index (χ1v) is 8.65. The normalized spacial score (nSPS) is 19.3. The average Bonchev–Trinajstić information content (AvgIpc) is 3.04. The molecular weight excluding hydrogens is 260 g/mol. The maximum Gasteiger partial charge on any atom is 0.138 e. The smallest absolute Gasteiger partial charge is 0.138 e. The van der Waals surface area contributed by atoms with E-state index in [-0.39, 0.29) is 0 Å². The lowest BCUT2D eigenvalue weighted by Gasteiger charge is -2.35. The van der Waals surface area contributed by atoms with Crippen LogP contribution in [0.4, 0.5) is 0 Å². The van der Waals surface area contributed by atoms with Crippen molar-refractivity contribution in [2.24, 2.45) is 11.3 Å². The van der Waals surface area contributed by atoms with Crippen LogP contribution in [0, 0.1) is 11.3 Å². The Hall–Kier alpha value is -0.900. The zero-order chi connectivity index (χ0) is 15.3. The molecule has 1 N–H and O–H groups in total. The lowest BCUT2D eigenvalue weighted by Crippen LogP contribution is -2.44. The van der Waals surface area contributed by atoms with E-state index in [1.165, 1.54) is 32.1 Å². The van der Waals surface area contributed by atoms with Crippen molar-refractivity contribution in [1.29, 1.82) is 0 Å². The molecule has 0 bridgehead atoms. The van der Waals surface area contributed by atoms with Gasteiger partial charge in [-0.2, -0.15) is 5.10 Å². The number of nitrogens with zero attached hydrogens (tertiary/aromatic N) is 3. The molecule has 4 heteroatoms. The minimum Gasteiger partial charge on any atom is -0.313 e. The van der Waals surface area contributed by atoms with Gasteiger partial charge in [-0.3, -0.25) is 0 Å². The first-order chi connectivity index (χ1) is 10.0. The van der Waals surface area contributed by atoms with E-state index in [1.54, 1.807) is 6.33 Å². The molecule has 1 unspecified atom stereocenters. The van der Waals surface area contributed by atoms with E-state index < -0.39 is 0 Å². The van der Waals surface area contributed by atoms with E-state index in [0.29, 0.717) is 17.4 Å². The summed E-state index contributed by atoms with van der Waals surface area (Å²) in [4.78, 5) is 4.53. The molecule has 0 amide bonds. The zero-order valence-corrected chi connectivity index (χ0v) is 14.2. The van der Waals surface area contributed by atoms with Crippen LogP contribution in [0.2, 0.25) is 0 Å². The van der Waals surface area contributed by atoms with Crippen LogP contribution in [0.5, 0.6) is 0 Å². The lowest BCUT2D eigenvalue weighted by molar-refractivity contribution is 0.215. The van der Waals surface area contributed by atoms with Gasteiger partial charge in [0, 0.05) is 19.0 Å². The predicted molar refractivity (Wildman–Crippen MR) is 87.2 cm³/mol. The topological polar surface area (TPSA) is 42.7 Å². The third kappa shape index (κ3) is 4.29. The second kappa shape index (κ2) is 7.39. The number of aromatic nitrogens is 3. The van der Waals surface area contributed by atoms with Gasteiger partial charge in [-0.1, -0.05) is 40.5 Å². The van der Waals surface area contributed by atoms with Gasteiger partial charge in [0.05, 0.1) is 0 Å². The molecule has 1 heterocycles. The van der Waals surface area contributed by atoms with Gasteiger partial charge in [0.2, 0.25) is 0 Å². The Bertz CT molecular complexity index is 418. The van der Waals surface area contributed by atoms with Crippen molar-refractivity contribution in [2.75, 3.05) is 6.54 Å². The summed E-state index contributed by atoms with van der Waals surface area (Å²) < 4.78 is 2.10. The molecule has 0 aromatic carbocycles. The number of rotatable bonds is 8. The van der Waals surface area contributed by atoms with Gasteiger partial charge < -0.3 is 5.32 Å².